The van der Waals surface area contributed by atoms with Crippen molar-refractivity contribution in [1.29, 1.82) is 0 Å². The molecular formula is C16H20N4O. The van der Waals surface area contributed by atoms with Crippen LogP contribution in [0.2, 0.25) is 0 Å². The minimum Gasteiger partial charge on any atom is -0.339 e. The molecule has 1 amide bonds. The Kier molecular flexibility index (Phi) is 3.49. The predicted molar refractivity (Wildman–Crippen MR) is 79.8 cm³/mol. The Morgan fingerprint density at radius 1 is 1.38 bits per heavy atom. The quantitative estimate of drug-likeness (QED) is 0.866. The lowest BCUT2D eigenvalue weighted by molar-refractivity contribution is -0.133. The zero-order valence-electron chi connectivity index (χ0n) is 12.6. The molecule has 2 aromatic rings. The molecule has 1 aliphatic carbocycles. The summed E-state index contributed by atoms with van der Waals surface area (Å²) in [4.78, 5) is 18.1. The molecule has 0 radical (unpaired) electrons. The van der Waals surface area contributed by atoms with Crippen LogP contribution in [0.25, 0.3) is 5.69 Å². The lowest BCUT2D eigenvalue weighted by Gasteiger charge is -2.25. The monoisotopic (exact) mass is 284 g/mol. The first-order chi connectivity index (χ1) is 10.1. The van der Waals surface area contributed by atoms with E-state index in [4.69, 9.17) is 0 Å². The van der Waals surface area contributed by atoms with E-state index in [1.165, 1.54) is 6.33 Å². The summed E-state index contributed by atoms with van der Waals surface area (Å²) < 4.78 is 1.72. The number of nitrogens with zero attached hydrogens (tertiary/aromatic N) is 4. The fourth-order valence-corrected chi connectivity index (χ4v) is 2.59. The standard InChI is InChI=1S/C16H20N4O/c1-11-8-15(11)16(21)19(3)12(2)13-4-6-14(7-5-13)20-10-17-9-18-20/h4-7,9-12,15H,8H2,1-3H3/t11-,12+,15+/m1/s1. The molecule has 1 aromatic heterocycles. The minimum atomic E-state index is 0.0788. The van der Waals surface area contributed by atoms with Gasteiger partial charge in [-0.2, -0.15) is 5.10 Å². The summed E-state index contributed by atoms with van der Waals surface area (Å²) in [6, 6.07) is 8.16. The van der Waals surface area contributed by atoms with Crippen LogP contribution in [0, 0.1) is 11.8 Å². The first-order valence-corrected chi connectivity index (χ1v) is 7.29. The molecule has 0 saturated heterocycles. The van der Waals surface area contributed by atoms with Crippen LogP contribution < -0.4 is 0 Å². The number of hydrogen-bond donors (Lipinski definition) is 0. The van der Waals surface area contributed by atoms with Gasteiger partial charge < -0.3 is 4.90 Å². The smallest absolute Gasteiger partial charge is 0.226 e. The number of aromatic nitrogens is 3. The second-order valence-electron chi connectivity index (χ2n) is 5.88. The molecular weight excluding hydrogens is 264 g/mol. The Balaban J connectivity index is 1.72. The molecule has 0 aliphatic heterocycles. The van der Waals surface area contributed by atoms with Gasteiger partial charge in [0.1, 0.15) is 12.7 Å². The van der Waals surface area contributed by atoms with Crippen molar-refractivity contribution in [1.82, 2.24) is 19.7 Å². The summed E-state index contributed by atoms with van der Waals surface area (Å²) >= 11 is 0. The number of rotatable bonds is 4. The summed E-state index contributed by atoms with van der Waals surface area (Å²) in [5, 5.41) is 4.11. The summed E-state index contributed by atoms with van der Waals surface area (Å²) in [5.74, 6) is 1.03. The van der Waals surface area contributed by atoms with Crippen LogP contribution in [0.5, 0.6) is 0 Å². The van der Waals surface area contributed by atoms with Crippen molar-refractivity contribution in [2.75, 3.05) is 7.05 Å². The maximum atomic E-state index is 12.3. The van der Waals surface area contributed by atoms with E-state index in [1.807, 2.05) is 36.2 Å². The highest BCUT2D eigenvalue weighted by atomic mass is 16.2. The molecule has 5 nitrogen and oxygen atoms in total. The molecule has 1 aliphatic rings. The van der Waals surface area contributed by atoms with Crippen LogP contribution in [-0.2, 0) is 4.79 Å². The largest absolute Gasteiger partial charge is 0.339 e. The zero-order valence-corrected chi connectivity index (χ0v) is 12.6. The van der Waals surface area contributed by atoms with Crippen molar-refractivity contribution in [2.24, 2.45) is 11.8 Å². The van der Waals surface area contributed by atoms with Crippen molar-refractivity contribution < 1.29 is 4.79 Å². The van der Waals surface area contributed by atoms with Crippen molar-refractivity contribution in [3.63, 3.8) is 0 Å². The number of benzene rings is 1. The van der Waals surface area contributed by atoms with Crippen molar-refractivity contribution in [3.8, 4) is 5.69 Å². The highest BCUT2D eigenvalue weighted by Gasteiger charge is 2.41. The fourth-order valence-electron chi connectivity index (χ4n) is 2.59. The Morgan fingerprint density at radius 3 is 2.57 bits per heavy atom. The summed E-state index contributed by atoms with van der Waals surface area (Å²) in [6.45, 7) is 4.20. The van der Waals surface area contributed by atoms with Gasteiger partial charge in [-0.1, -0.05) is 19.1 Å². The lowest BCUT2D eigenvalue weighted by atomic mass is 10.1. The zero-order chi connectivity index (χ0) is 15.0. The van der Waals surface area contributed by atoms with Gasteiger partial charge >= 0.3 is 0 Å². The SMILES string of the molecule is C[C@@H]1C[C@@H]1C(=O)N(C)[C@@H](C)c1ccc(-n2cncn2)cc1. The van der Waals surface area contributed by atoms with Crippen molar-refractivity contribution in [2.45, 2.75) is 26.3 Å². The highest BCUT2D eigenvalue weighted by molar-refractivity contribution is 5.81. The first kappa shape index (κ1) is 13.8. The predicted octanol–water partition coefficient (Wildman–Crippen LogP) is 2.44. The molecule has 1 aromatic carbocycles. The second-order valence-corrected chi connectivity index (χ2v) is 5.88. The second kappa shape index (κ2) is 5.31. The summed E-state index contributed by atoms with van der Waals surface area (Å²) in [6.07, 6.45) is 4.21. The Bertz CT molecular complexity index is 620. The van der Waals surface area contributed by atoms with Crippen LogP contribution >= 0.6 is 0 Å². The van der Waals surface area contributed by atoms with E-state index >= 15 is 0 Å². The van der Waals surface area contributed by atoms with Gasteiger partial charge in [-0.25, -0.2) is 9.67 Å². The summed E-state index contributed by atoms with van der Waals surface area (Å²) in [7, 11) is 1.89. The maximum Gasteiger partial charge on any atom is 0.226 e. The van der Waals surface area contributed by atoms with Crippen molar-refractivity contribution >= 4 is 5.91 Å². The number of hydrogen-bond acceptors (Lipinski definition) is 3. The van der Waals surface area contributed by atoms with E-state index in [2.05, 4.69) is 23.9 Å². The van der Waals surface area contributed by atoms with Crippen LogP contribution in [-0.4, -0.2) is 32.6 Å². The molecule has 1 saturated carbocycles. The van der Waals surface area contributed by atoms with Crippen LogP contribution in [0.3, 0.4) is 0 Å². The molecule has 0 unspecified atom stereocenters. The van der Waals surface area contributed by atoms with E-state index in [9.17, 15) is 4.79 Å². The van der Waals surface area contributed by atoms with E-state index in [0.717, 1.165) is 17.7 Å². The first-order valence-electron chi connectivity index (χ1n) is 7.29. The van der Waals surface area contributed by atoms with Gasteiger partial charge in [0.25, 0.3) is 0 Å². The molecule has 5 heteroatoms. The third-order valence-corrected chi connectivity index (χ3v) is 4.41. The Hall–Kier alpha value is -2.17. The van der Waals surface area contributed by atoms with E-state index in [0.29, 0.717) is 5.92 Å². The van der Waals surface area contributed by atoms with Crippen molar-refractivity contribution in [3.05, 3.63) is 42.5 Å². The molecule has 3 atom stereocenters. The number of carbonyl (C=O) groups excluding carboxylic acids is 1. The molecule has 0 bridgehead atoms. The fraction of sp³-hybridized carbons (Fsp3) is 0.438. The van der Waals surface area contributed by atoms with E-state index in [1.54, 1.807) is 11.0 Å². The average molecular weight is 284 g/mol. The molecule has 1 fully saturated rings. The Morgan fingerprint density at radius 2 is 2.05 bits per heavy atom. The van der Waals surface area contributed by atoms with Crippen LogP contribution in [0.4, 0.5) is 0 Å². The maximum absolute atomic E-state index is 12.3. The number of amides is 1. The summed E-state index contributed by atoms with van der Waals surface area (Å²) in [5.41, 5.74) is 2.09. The lowest BCUT2D eigenvalue weighted by Crippen LogP contribution is -2.31. The molecule has 1 heterocycles. The van der Waals surface area contributed by atoms with Gasteiger partial charge in [-0.3, -0.25) is 4.79 Å². The van der Waals surface area contributed by atoms with Gasteiger partial charge in [0, 0.05) is 13.0 Å². The molecule has 0 spiro atoms. The molecule has 3 rings (SSSR count). The normalized spacial score (nSPS) is 21.9. The third kappa shape index (κ3) is 2.68. The molecule has 110 valence electrons. The Labute approximate surface area is 124 Å². The average Bonchev–Trinajstić information content (AvgIpc) is 3.02. The molecule has 21 heavy (non-hydrogen) atoms. The van der Waals surface area contributed by atoms with E-state index < -0.39 is 0 Å². The third-order valence-electron chi connectivity index (χ3n) is 4.41. The topological polar surface area (TPSA) is 51.0 Å². The van der Waals surface area contributed by atoms with Gasteiger partial charge in [-0.15, -0.1) is 0 Å². The van der Waals surface area contributed by atoms with Crippen LogP contribution in [0.15, 0.2) is 36.9 Å². The van der Waals surface area contributed by atoms with Crippen LogP contribution in [0.1, 0.15) is 31.9 Å². The van der Waals surface area contributed by atoms with Gasteiger partial charge in [0.2, 0.25) is 5.91 Å². The van der Waals surface area contributed by atoms with Gasteiger partial charge in [0.15, 0.2) is 0 Å². The highest BCUT2D eigenvalue weighted by Crippen LogP contribution is 2.40. The van der Waals surface area contributed by atoms with Gasteiger partial charge in [0.05, 0.1) is 11.7 Å². The molecule has 0 N–H and O–H groups in total. The number of carbonyl (C=O) groups is 1. The van der Waals surface area contributed by atoms with Gasteiger partial charge in [-0.05, 0) is 37.0 Å². The van der Waals surface area contributed by atoms with E-state index in [-0.39, 0.29) is 17.9 Å². The minimum absolute atomic E-state index is 0.0788.